The van der Waals surface area contributed by atoms with E-state index in [-0.39, 0.29) is 30.2 Å². The summed E-state index contributed by atoms with van der Waals surface area (Å²) in [6, 6.07) is 6.55. The normalized spacial score (nSPS) is 20.1. The molecule has 0 heterocycles. The average molecular weight is 275 g/mol. The lowest BCUT2D eigenvalue weighted by molar-refractivity contribution is -0.148. The van der Waals surface area contributed by atoms with E-state index in [1.165, 1.54) is 6.92 Å². The SMILES string of the molecule is CC(=O)c1ccc(NC(=O)COC(=O)[C@H]2C[C@@H]2C)cc1. The highest BCUT2D eigenvalue weighted by molar-refractivity contribution is 5.96. The van der Waals surface area contributed by atoms with Crippen molar-refractivity contribution in [1.82, 2.24) is 0 Å². The molecule has 5 heteroatoms. The molecule has 1 aliphatic carbocycles. The van der Waals surface area contributed by atoms with Gasteiger partial charge in [-0.05, 0) is 43.5 Å². The van der Waals surface area contributed by atoms with Gasteiger partial charge in [0.15, 0.2) is 12.4 Å². The molecular weight excluding hydrogens is 258 g/mol. The Labute approximate surface area is 117 Å². The summed E-state index contributed by atoms with van der Waals surface area (Å²) in [7, 11) is 0. The molecule has 1 saturated carbocycles. The number of hydrogen-bond acceptors (Lipinski definition) is 4. The van der Waals surface area contributed by atoms with Crippen molar-refractivity contribution in [1.29, 1.82) is 0 Å². The lowest BCUT2D eigenvalue weighted by atomic mass is 10.1. The lowest BCUT2D eigenvalue weighted by Crippen LogP contribution is -2.21. The van der Waals surface area contributed by atoms with Crippen LogP contribution in [0.2, 0.25) is 0 Å². The number of rotatable bonds is 5. The van der Waals surface area contributed by atoms with Crippen molar-refractivity contribution >= 4 is 23.3 Å². The number of anilines is 1. The van der Waals surface area contributed by atoms with Gasteiger partial charge in [0.2, 0.25) is 0 Å². The predicted octanol–water partition coefficient (Wildman–Crippen LogP) is 2.03. The van der Waals surface area contributed by atoms with E-state index < -0.39 is 0 Å². The number of hydrogen-bond donors (Lipinski definition) is 1. The van der Waals surface area contributed by atoms with Gasteiger partial charge < -0.3 is 10.1 Å². The Morgan fingerprint density at radius 2 is 1.85 bits per heavy atom. The Morgan fingerprint density at radius 3 is 2.35 bits per heavy atom. The summed E-state index contributed by atoms with van der Waals surface area (Å²) in [5.74, 6) is -0.403. The molecule has 1 aromatic carbocycles. The zero-order valence-electron chi connectivity index (χ0n) is 11.5. The number of ketones is 1. The highest BCUT2D eigenvalue weighted by atomic mass is 16.5. The molecular formula is C15H17NO4. The second-order valence-corrected chi connectivity index (χ2v) is 5.11. The van der Waals surface area contributed by atoms with Crippen LogP contribution in [0.15, 0.2) is 24.3 Å². The van der Waals surface area contributed by atoms with Crippen LogP contribution in [-0.4, -0.2) is 24.3 Å². The van der Waals surface area contributed by atoms with E-state index in [0.29, 0.717) is 17.2 Å². The number of Topliss-reactive ketones (excluding diaryl/α,β-unsaturated/α-hetero) is 1. The molecule has 0 aromatic heterocycles. The summed E-state index contributed by atoms with van der Waals surface area (Å²) in [6.45, 7) is 3.17. The standard InChI is InChI=1S/C15H17NO4/c1-9-7-13(9)15(19)20-8-14(18)16-12-5-3-11(4-6-12)10(2)17/h3-6,9,13H,7-8H2,1-2H3,(H,16,18)/t9-,13-/m0/s1. The van der Waals surface area contributed by atoms with Crippen LogP contribution in [0.25, 0.3) is 0 Å². The molecule has 1 aliphatic rings. The van der Waals surface area contributed by atoms with Gasteiger partial charge in [0.05, 0.1) is 5.92 Å². The maximum atomic E-state index is 11.6. The number of nitrogens with one attached hydrogen (secondary N) is 1. The van der Waals surface area contributed by atoms with Gasteiger partial charge in [-0.1, -0.05) is 6.92 Å². The van der Waals surface area contributed by atoms with Gasteiger partial charge in [-0.25, -0.2) is 0 Å². The zero-order chi connectivity index (χ0) is 14.7. The van der Waals surface area contributed by atoms with Crippen LogP contribution in [0.3, 0.4) is 0 Å². The average Bonchev–Trinajstić information content (AvgIpc) is 3.14. The maximum Gasteiger partial charge on any atom is 0.309 e. The van der Waals surface area contributed by atoms with Gasteiger partial charge in [-0.2, -0.15) is 0 Å². The monoisotopic (exact) mass is 275 g/mol. The fourth-order valence-electron chi connectivity index (χ4n) is 1.88. The Kier molecular flexibility index (Phi) is 4.17. The van der Waals surface area contributed by atoms with Crippen molar-refractivity contribution in [3.8, 4) is 0 Å². The first-order chi connectivity index (χ1) is 9.47. The third-order valence-corrected chi connectivity index (χ3v) is 3.33. The Balaban J connectivity index is 1.79. The second-order valence-electron chi connectivity index (χ2n) is 5.11. The summed E-state index contributed by atoms with van der Waals surface area (Å²) in [6.07, 6.45) is 0.840. The van der Waals surface area contributed by atoms with Crippen molar-refractivity contribution in [3.63, 3.8) is 0 Å². The zero-order valence-corrected chi connectivity index (χ0v) is 11.5. The number of amides is 1. The van der Waals surface area contributed by atoms with Gasteiger partial charge in [0.25, 0.3) is 5.91 Å². The molecule has 0 aliphatic heterocycles. The summed E-state index contributed by atoms with van der Waals surface area (Å²) in [5, 5.41) is 2.61. The van der Waals surface area contributed by atoms with Crippen molar-refractivity contribution in [2.45, 2.75) is 20.3 Å². The second kappa shape index (κ2) is 5.86. The minimum Gasteiger partial charge on any atom is -0.455 e. The molecule has 0 saturated heterocycles. The van der Waals surface area contributed by atoms with Crippen molar-refractivity contribution < 1.29 is 19.1 Å². The van der Waals surface area contributed by atoms with Crippen LogP contribution in [-0.2, 0) is 14.3 Å². The summed E-state index contributed by atoms with van der Waals surface area (Å²) in [5.41, 5.74) is 1.15. The van der Waals surface area contributed by atoms with E-state index in [0.717, 1.165) is 6.42 Å². The third kappa shape index (κ3) is 3.66. The molecule has 1 fully saturated rings. The predicted molar refractivity (Wildman–Crippen MR) is 73.3 cm³/mol. The molecule has 1 N–H and O–H groups in total. The third-order valence-electron chi connectivity index (χ3n) is 3.33. The smallest absolute Gasteiger partial charge is 0.309 e. The van der Waals surface area contributed by atoms with Gasteiger partial charge in [-0.15, -0.1) is 0 Å². The summed E-state index contributed by atoms with van der Waals surface area (Å²) < 4.78 is 4.93. The highest BCUT2D eigenvalue weighted by Crippen LogP contribution is 2.38. The number of ether oxygens (including phenoxy) is 1. The fraction of sp³-hybridized carbons (Fsp3) is 0.400. The first-order valence-electron chi connectivity index (χ1n) is 6.55. The molecule has 0 bridgehead atoms. The van der Waals surface area contributed by atoms with Gasteiger partial charge >= 0.3 is 5.97 Å². The number of benzene rings is 1. The molecule has 0 spiro atoms. The van der Waals surface area contributed by atoms with Crippen LogP contribution in [0.4, 0.5) is 5.69 Å². The maximum absolute atomic E-state index is 11.6. The van der Waals surface area contributed by atoms with E-state index in [2.05, 4.69) is 5.32 Å². The number of carbonyl (C=O) groups is 3. The largest absolute Gasteiger partial charge is 0.455 e. The van der Waals surface area contributed by atoms with Gasteiger partial charge in [0, 0.05) is 11.3 Å². The topological polar surface area (TPSA) is 72.5 Å². The van der Waals surface area contributed by atoms with Gasteiger partial charge in [0.1, 0.15) is 0 Å². The van der Waals surface area contributed by atoms with E-state index >= 15 is 0 Å². The Morgan fingerprint density at radius 1 is 1.25 bits per heavy atom. The molecule has 2 atom stereocenters. The van der Waals surface area contributed by atoms with Crippen molar-refractivity contribution in [2.75, 3.05) is 11.9 Å². The molecule has 0 unspecified atom stereocenters. The van der Waals surface area contributed by atoms with E-state index in [4.69, 9.17) is 4.74 Å². The quantitative estimate of drug-likeness (QED) is 0.659. The van der Waals surface area contributed by atoms with Crippen molar-refractivity contribution in [2.24, 2.45) is 11.8 Å². The molecule has 0 radical (unpaired) electrons. The molecule has 1 amide bonds. The lowest BCUT2D eigenvalue weighted by Gasteiger charge is -2.06. The van der Waals surface area contributed by atoms with Crippen LogP contribution in [0.5, 0.6) is 0 Å². The molecule has 20 heavy (non-hydrogen) atoms. The highest BCUT2D eigenvalue weighted by Gasteiger charge is 2.40. The first kappa shape index (κ1) is 14.2. The minimum absolute atomic E-state index is 0.0321. The van der Waals surface area contributed by atoms with Crippen LogP contribution in [0.1, 0.15) is 30.6 Å². The Hall–Kier alpha value is -2.17. The molecule has 1 aromatic rings. The van der Waals surface area contributed by atoms with E-state index in [1.807, 2.05) is 6.92 Å². The number of carbonyl (C=O) groups excluding carboxylic acids is 3. The van der Waals surface area contributed by atoms with E-state index in [9.17, 15) is 14.4 Å². The number of esters is 1. The summed E-state index contributed by atoms with van der Waals surface area (Å²) in [4.78, 5) is 34.2. The molecule has 106 valence electrons. The fourth-order valence-corrected chi connectivity index (χ4v) is 1.88. The van der Waals surface area contributed by atoms with Crippen LogP contribution < -0.4 is 5.32 Å². The van der Waals surface area contributed by atoms with E-state index in [1.54, 1.807) is 24.3 Å². The first-order valence-corrected chi connectivity index (χ1v) is 6.55. The Bertz CT molecular complexity index is 535. The molecule has 5 nitrogen and oxygen atoms in total. The van der Waals surface area contributed by atoms with Gasteiger partial charge in [-0.3, -0.25) is 14.4 Å². The summed E-state index contributed by atoms with van der Waals surface area (Å²) >= 11 is 0. The minimum atomic E-state index is -0.387. The van der Waals surface area contributed by atoms with Crippen LogP contribution in [0, 0.1) is 11.8 Å². The van der Waals surface area contributed by atoms with Crippen molar-refractivity contribution in [3.05, 3.63) is 29.8 Å². The molecule has 2 rings (SSSR count). The van der Waals surface area contributed by atoms with Crippen LogP contribution >= 0.6 is 0 Å².